The molecule has 0 radical (unpaired) electrons. The summed E-state index contributed by atoms with van der Waals surface area (Å²) in [5.41, 5.74) is 1.26. The number of carbonyl (C=O) groups excluding carboxylic acids is 1. The van der Waals surface area contributed by atoms with Gasteiger partial charge in [-0.1, -0.05) is 13.8 Å². The highest BCUT2D eigenvalue weighted by Gasteiger charge is 2.36. The minimum absolute atomic E-state index is 0.0417. The second-order valence-corrected chi connectivity index (χ2v) is 13.4. The number of pyridine rings is 2. The lowest BCUT2D eigenvalue weighted by atomic mass is 9.94. The molecule has 0 spiro atoms. The Labute approximate surface area is 295 Å². The molecule has 0 unspecified atom stereocenters. The van der Waals surface area contributed by atoms with Crippen LogP contribution in [-0.4, -0.2) is 114 Å². The number of halogens is 3. The number of imidazole rings is 1. The number of piperazine rings is 1. The molecule has 51 heavy (non-hydrogen) atoms. The van der Waals surface area contributed by atoms with E-state index in [0.29, 0.717) is 61.1 Å². The number of nitrogens with one attached hydrogen (secondary N) is 1. The van der Waals surface area contributed by atoms with E-state index in [1.54, 1.807) is 39.4 Å². The van der Waals surface area contributed by atoms with Crippen LogP contribution in [0.1, 0.15) is 46.6 Å². The summed E-state index contributed by atoms with van der Waals surface area (Å²) in [7, 11) is 3.55. The van der Waals surface area contributed by atoms with Crippen molar-refractivity contribution < 1.29 is 32.2 Å². The zero-order valence-electron chi connectivity index (χ0n) is 30.2. The van der Waals surface area contributed by atoms with Crippen molar-refractivity contribution in [2.75, 3.05) is 76.5 Å². The summed E-state index contributed by atoms with van der Waals surface area (Å²) in [5.74, 6) is 0.458. The van der Waals surface area contributed by atoms with Gasteiger partial charge in [-0.25, -0.2) is 24.9 Å². The van der Waals surface area contributed by atoms with Gasteiger partial charge >= 0.3 is 12.1 Å². The topological polar surface area (TPSA) is 135 Å². The summed E-state index contributed by atoms with van der Waals surface area (Å²) in [4.78, 5) is 44.4. The van der Waals surface area contributed by atoms with E-state index in [4.69, 9.17) is 24.2 Å². The lowest BCUT2D eigenvalue weighted by molar-refractivity contribution is -0.143. The molecule has 1 aliphatic heterocycles. The molecule has 0 amide bonds. The maximum atomic E-state index is 14.0. The maximum Gasteiger partial charge on any atom is 0.421 e. The summed E-state index contributed by atoms with van der Waals surface area (Å²) >= 11 is 0. The van der Waals surface area contributed by atoms with Gasteiger partial charge in [-0.2, -0.15) is 13.2 Å². The Morgan fingerprint density at radius 2 is 1.82 bits per heavy atom. The van der Waals surface area contributed by atoms with Gasteiger partial charge in [-0.3, -0.25) is 9.69 Å². The Balaban J connectivity index is 1.45. The lowest BCUT2D eigenvalue weighted by Crippen LogP contribution is -2.52. The van der Waals surface area contributed by atoms with Crippen LogP contribution in [0.4, 0.5) is 24.7 Å². The number of hydrogen-bond donors (Lipinski definition) is 1. The largest absolute Gasteiger partial charge is 0.478 e. The zero-order valence-corrected chi connectivity index (χ0v) is 30.2. The van der Waals surface area contributed by atoms with E-state index < -0.39 is 17.6 Å². The highest BCUT2D eigenvalue weighted by Crippen LogP contribution is 2.39. The number of H-pyrrole nitrogens is 1. The van der Waals surface area contributed by atoms with Crippen LogP contribution in [0.25, 0.3) is 33.9 Å². The van der Waals surface area contributed by atoms with Gasteiger partial charge in [0.05, 0.1) is 50.0 Å². The fourth-order valence-electron chi connectivity index (χ4n) is 6.36. The van der Waals surface area contributed by atoms with E-state index in [1.165, 1.54) is 6.20 Å². The average Bonchev–Trinajstić information content (AvgIpc) is 3.51. The van der Waals surface area contributed by atoms with Crippen molar-refractivity contribution in [1.29, 1.82) is 0 Å². The molecule has 0 bridgehead atoms. The summed E-state index contributed by atoms with van der Waals surface area (Å²) in [6.45, 7) is 14.0. The molecule has 0 aliphatic carbocycles. The molecule has 1 atom stereocenters. The molecule has 1 saturated heterocycles. The number of alkyl halides is 3. The number of carbonyl (C=O) groups is 1. The Bertz CT molecular complexity index is 1800. The van der Waals surface area contributed by atoms with Crippen molar-refractivity contribution in [3.05, 3.63) is 36.3 Å². The van der Waals surface area contributed by atoms with Crippen LogP contribution in [-0.2, 0) is 20.4 Å². The molecule has 4 aromatic heterocycles. The minimum Gasteiger partial charge on any atom is -0.478 e. The van der Waals surface area contributed by atoms with Crippen LogP contribution in [0.3, 0.4) is 0 Å². The number of esters is 1. The summed E-state index contributed by atoms with van der Waals surface area (Å²) < 4.78 is 57.8. The van der Waals surface area contributed by atoms with E-state index in [-0.39, 0.29) is 35.3 Å². The fourth-order valence-corrected chi connectivity index (χ4v) is 6.36. The molecule has 4 aromatic rings. The predicted octanol–water partition coefficient (Wildman–Crippen LogP) is 5.47. The van der Waals surface area contributed by atoms with Crippen molar-refractivity contribution in [2.45, 2.75) is 53.3 Å². The molecule has 0 saturated carbocycles. The second kappa shape index (κ2) is 15.8. The zero-order chi connectivity index (χ0) is 36.9. The molecule has 13 nitrogen and oxygen atoms in total. The average molecular weight is 714 g/mol. The molecule has 5 rings (SSSR count). The van der Waals surface area contributed by atoms with Crippen molar-refractivity contribution in [2.24, 2.45) is 5.41 Å². The molecular formula is C35H46F3N9O4. The lowest BCUT2D eigenvalue weighted by Gasteiger charge is -2.40. The Morgan fingerprint density at radius 1 is 1.04 bits per heavy atom. The normalized spacial score (nSPS) is 15.7. The molecule has 1 aliphatic rings. The second-order valence-electron chi connectivity index (χ2n) is 13.4. The fraction of sp³-hybridized carbons (Fsp3) is 0.543. The van der Waals surface area contributed by atoms with Crippen molar-refractivity contribution in [1.82, 2.24) is 34.8 Å². The van der Waals surface area contributed by atoms with Crippen LogP contribution in [0, 0.1) is 5.41 Å². The molecule has 1 fully saturated rings. The van der Waals surface area contributed by atoms with Gasteiger partial charge in [0.15, 0.2) is 11.5 Å². The molecule has 0 aromatic carbocycles. The molecule has 16 heteroatoms. The molecular weight excluding hydrogens is 667 g/mol. The van der Waals surface area contributed by atoms with Gasteiger partial charge < -0.3 is 29.0 Å². The first-order chi connectivity index (χ1) is 24.2. The third-order valence-electron chi connectivity index (χ3n) is 8.66. The van der Waals surface area contributed by atoms with Crippen LogP contribution in [0.2, 0.25) is 0 Å². The Hall–Kier alpha value is -4.57. The molecule has 276 valence electrons. The number of aromatic amines is 1. The number of fused-ring (bicyclic) bond motifs is 1. The van der Waals surface area contributed by atoms with Gasteiger partial charge in [0.2, 0.25) is 5.88 Å². The molecule has 5 heterocycles. The van der Waals surface area contributed by atoms with Crippen molar-refractivity contribution in [3.8, 4) is 28.7 Å². The third kappa shape index (κ3) is 9.03. The maximum absolute atomic E-state index is 14.0. The quantitative estimate of drug-likeness (QED) is 0.166. The van der Waals surface area contributed by atoms with E-state index >= 15 is 0 Å². The van der Waals surface area contributed by atoms with Gasteiger partial charge in [0.1, 0.15) is 22.6 Å². The van der Waals surface area contributed by atoms with E-state index in [1.807, 2.05) is 11.9 Å². The monoisotopic (exact) mass is 713 g/mol. The first-order valence-corrected chi connectivity index (χ1v) is 17.0. The summed E-state index contributed by atoms with van der Waals surface area (Å²) in [5, 5.41) is 0. The van der Waals surface area contributed by atoms with Crippen molar-refractivity contribution in [3.63, 3.8) is 0 Å². The molecule has 1 N–H and O–H groups in total. The number of methoxy groups -OCH3 is 1. The van der Waals surface area contributed by atoms with Crippen LogP contribution in [0.5, 0.6) is 5.88 Å². The first kappa shape index (κ1) is 37.7. The van der Waals surface area contributed by atoms with Crippen LogP contribution >= 0.6 is 0 Å². The third-order valence-corrected chi connectivity index (χ3v) is 8.66. The summed E-state index contributed by atoms with van der Waals surface area (Å²) in [6.07, 6.45) is 0.345. The van der Waals surface area contributed by atoms with E-state index in [0.717, 1.165) is 31.5 Å². The number of aromatic nitrogens is 6. The van der Waals surface area contributed by atoms with Crippen LogP contribution < -0.4 is 14.5 Å². The highest BCUT2D eigenvalue weighted by molar-refractivity contribution is 5.91. The number of rotatable bonds is 14. The van der Waals surface area contributed by atoms with Gasteiger partial charge in [-0.05, 0) is 32.9 Å². The number of ether oxygens (including phenoxy) is 3. The predicted molar refractivity (Wildman–Crippen MR) is 188 cm³/mol. The first-order valence-electron chi connectivity index (χ1n) is 17.0. The van der Waals surface area contributed by atoms with Gasteiger partial charge in [-0.15, -0.1) is 0 Å². The standard InChI is InChI=1S/C35H46F3N9O4/c1-8-50-29(48)10-11-46-12-13-47(19-22(46)3)28-18-39-26(17-40-28)31-43-30-27(45(6)20-34(4,5)21-49-7)15-25(42-32(30)44-31)23-14-24(35(36,37)38)33(41-16-23)51-9-2/h14-18,22H,8-13,19-21H2,1-7H3,(H,42,43,44)/t22-/m0/s1. The highest BCUT2D eigenvalue weighted by atomic mass is 19.4. The van der Waals surface area contributed by atoms with E-state index in [2.05, 4.69) is 50.5 Å². The Kier molecular flexibility index (Phi) is 11.6. The number of nitrogens with zero attached hydrogens (tertiary/aromatic N) is 8. The smallest absolute Gasteiger partial charge is 0.421 e. The Morgan fingerprint density at radius 3 is 2.47 bits per heavy atom. The van der Waals surface area contributed by atoms with Gasteiger partial charge in [0, 0.05) is 70.1 Å². The van der Waals surface area contributed by atoms with Crippen molar-refractivity contribution >= 4 is 28.6 Å². The SMILES string of the molecule is CCOC(=O)CCN1CCN(c2cnc(-c3nc4nc(-c5cnc(OCC)c(C(F)(F)F)c5)cc(N(C)CC(C)(C)COC)c4[nH]3)cn2)C[C@@H]1C. The van der Waals surface area contributed by atoms with Gasteiger partial charge in [0.25, 0.3) is 0 Å². The van der Waals surface area contributed by atoms with E-state index in [9.17, 15) is 18.0 Å². The number of anilines is 2. The minimum atomic E-state index is -4.68. The van der Waals surface area contributed by atoms with Crippen LogP contribution in [0.15, 0.2) is 30.7 Å². The number of hydrogen-bond acceptors (Lipinski definition) is 12. The summed E-state index contributed by atoms with van der Waals surface area (Å²) in [6, 6.07) is 2.93.